The van der Waals surface area contributed by atoms with E-state index in [4.69, 9.17) is 4.74 Å². The molecule has 0 amide bonds. The van der Waals surface area contributed by atoms with Crippen molar-refractivity contribution in [2.45, 2.75) is 146 Å². The summed E-state index contributed by atoms with van der Waals surface area (Å²) in [6.45, 7) is 32.1. The predicted molar refractivity (Wildman–Crippen MR) is 171 cm³/mol. The molecule has 3 heteroatoms. The first-order valence-corrected chi connectivity index (χ1v) is 17.6. The van der Waals surface area contributed by atoms with Crippen LogP contribution < -0.4 is 0 Å². The summed E-state index contributed by atoms with van der Waals surface area (Å²) >= 11 is 0. The van der Waals surface area contributed by atoms with Crippen molar-refractivity contribution in [1.29, 1.82) is 0 Å². The molecule has 3 atom stereocenters. The molecule has 0 rings (SSSR count). The molecular weight excluding hydrogens is 472 g/mol. The minimum Gasteiger partial charge on any atom is -0.370 e. The number of hydrogen-bond donors (Lipinski definition) is 0. The van der Waals surface area contributed by atoms with Crippen molar-refractivity contribution in [3.05, 3.63) is 12.2 Å². The van der Waals surface area contributed by atoms with Crippen molar-refractivity contribution in [1.82, 2.24) is 0 Å². The first kappa shape index (κ1) is 36.7. The van der Waals surface area contributed by atoms with Crippen molar-refractivity contribution >= 4 is 15.8 Å². The van der Waals surface area contributed by atoms with Gasteiger partial charge in [-0.2, -0.15) is 0 Å². The highest BCUT2D eigenvalue weighted by Crippen LogP contribution is 2.58. The van der Waals surface area contributed by atoms with Crippen LogP contribution >= 0.6 is 10.0 Å². The zero-order valence-electron chi connectivity index (χ0n) is 28.6. The minimum atomic E-state index is -0.874. The Hall–Kier alpha value is -0.280. The SMILES string of the molecule is CCC(C)(C)CC=CC(C)(CC)C(C)(C)CC(C)(C)C(C)(OC)C(=O)C(C)(CC)CC(C)(C)S(C)(C)C. The van der Waals surface area contributed by atoms with Crippen LogP contribution in [0.15, 0.2) is 12.2 Å². The lowest BCUT2D eigenvalue weighted by Gasteiger charge is -2.54. The zero-order chi connectivity index (χ0) is 29.9. The van der Waals surface area contributed by atoms with Crippen LogP contribution in [0.5, 0.6) is 0 Å². The van der Waals surface area contributed by atoms with Crippen LogP contribution in [0.4, 0.5) is 0 Å². The van der Waals surface area contributed by atoms with Crippen LogP contribution in [0.3, 0.4) is 0 Å². The highest BCUT2D eigenvalue weighted by atomic mass is 32.3. The molecule has 0 saturated heterocycles. The van der Waals surface area contributed by atoms with Crippen LogP contribution in [-0.4, -0.2) is 42.0 Å². The van der Waals surface area contributed by atoms with Gasteiger partial charge in [-0.3, -0.25) is 4.79 Å². The minimum absolute atomic E-state index is 0.0182. The zero-order valence-corrected chi connectivity index (χ0v) is 29.4. The van der Waals surface area contributed by atoms with Gasteiger partial charge >= 0.3 is 0 Å². The Bertz CT molecular complexity index is 782. The summed E-state index contributed by atoms with van der Waals surface area (Å²) in [6, 6.07) is 0. The van der Waals surface area contributed by atoms with E-state index >= 15 is 0 Å². The molecule has 0 aromatic rings. The highest BCUT2D eigenvalue weighted by molar-refractivity contribution is 8.33. The summed E-state index contributed by atoms with van der Waals surface area (Å²) in [6.07, 6.45) is 17.9. The normalized spacial score (nSPS) is 19.8. The van der Waals surface area contributed by atoms with Gasteiger partial charge in [0.25, 0.3) is 0 Å². The third-order valence-electron chi connectivity index (χ3n) is 11.2. The Morgan fingerprint density at radius 2 is 1.22 bits per heavy atom. The Labute approximate surface area is 235 Å². The maximum absolute atomic E-state index is 14.6. The lowest BCUT2D eigenvalue weighted by atomic mass is 9.54. The van der Waals surface area contributed by atoms with Crippen molar-refractivity contribution < 1.29 is 9.53 Å². The van der Waals surface area contributed by atoms with E-state index in [-0.39, 0.29) is 26.8 Å². The van der Waals surface area contributed by atoms with Gasteiger partial charge in [-0.1, -0.05) is 109 Å². The number of Topliss-reactive ketones (excluding diaryl/α,β-unsaturated/α-hetero) is 1. The van der Waals surface area contributed by atoms with Gasteiger partial charge in [0.05, 0.1) is 0 Å². The first-order chi connectivity index (χ1) is 16.3. The molecule has 0 spiro atoms. The van der Waals surface area contributed by atoms with E-state index in [0.717, 1.165) is 32.1 Å². The summed E-state index contributed by atoms with van der Waals surface area (Å²) in [7, 11) is 0.904. The fraction of sp³-hybridized carbons (Fsp3) is 0.912. The van der Waals surface area contributed by atoms with E-state index in [2.05, 4.69) is 128 Å². The van der Waals surface area contributed by atoms with Crippen LogP contribution in [0.2, 0.25) is 0 Å². The number of methoxy groups -OCH3 is 1. The van der Waals surface area contributed by atoms with E-state index in [0.29, 0.717) is 5.41 Å². The number of ketones is 1. The van der Waals surface area contributed by atoms with E-state index in [9.17, 15) is 4.79 Å². The van der Waals surface area contributed by atoms with Gasteiger partial charge in [0.15, 0.2) is 5.78 Å². The number of carbonyl (C=O) groups is 1. The lowest BCUT2D eigenvalue weighted by molar-refractivity contribution is -0.170. The summed E-state index contributed by atoms with van der Waals surface area (Å²) in [5.41, 5.74) is -1.32. The van der Waals surface area contributed by atoms with Crippen LogP contribution in [0.25, 0.3) is 0 Å². The van der Waals surface area contributed by atoms with Gasteiger partial charge < -0.3 is 4.74 Å². The summed E-state index contributed by atoms with van der Waals surface area (Å²) < 4.78 is 6.38. The second-order valence-corrected chi connectivity index (χ2v) is 20.9. The third kappa shape index (κ3) is 8.12. The Morgan fingerprint density at radius 1 is 0.730 bits per heavy atom. The van der Waals surface area contributed by atoms with Gasteiger partial charge in [-0.25, -0.2) is 10.0 Å². The van der Waals surface area contributed by atoms with E-state index < -0.39 is 21.0 Å². The molecule has 0 aromatic carbocycles. The predicted octanol–water partition coefficient (Wildman–Crippen LogP) is 10.5. The smallest absolute Gasteiger partial charge is 0.170 e. The van der Waals surface area contributed by atoms with Gasteiger partial charge in [-0.15, -0.1) is 0 Å². The first-order valence-electron chi connectivity index (χ1n) is 14.7. The Balaban J connectivity index is 6.37. The summed E-state index contributed by atoms with van der Waals surface area (Å²) in [4.78, 5) is 14.6. The number of allylic oxidation sites excluding steroid dienone is 2. The van der Waals surface area contributed by atoms with Crippen molar-refractivity contribution in [3.8, 4) is 0 Å². The molecule has 0 saturated carbocycles. The molecule has 0 aliphatic heterocycles. The monoisotopic (exact) mass is 540 g/mol. The molecule has 3 unspecified atom stereocenters. The molecule has 0 aliphatic carbocycles. The summed E-state index contributed by atoms with van der Waals surface area (Å²) in [5, 5.41) is 0. The third-order valence-corrected chi connectivity index (χ3v) is 14.7. The van der Waals surface area contributed by atoms with Crippen molar-refractivity contribution in [2.24, 2.45) is 27.1 Å². The molecule has 0 heterocycles. The van der Waals surface area contributed by atoms with Gasteiger partial charge in [0.2, 0.25) is 0 Å². The molecule has 0 fully saturated rings. The number of carbonyl (C=O) groups excluding carboxylic acids is 1. The number of rotatable bonds is 16. The van der Waals surface area contributed by atoms with E-state index in [1.54, 1.807) is 7.11 Å². The molecule has 2 nitrogen and oxygen atoms in total. The Morgan fingerprint density at radius 3 is 1.57 bits per heavy atom. The number of ether oxygens (including phenoxy) is 1. The summed E-state index contributed by atoms with van der Waals surface area (Å²) in [5.74, 6) is 0.265. The molecule has 0 N–H and O–H groups in total. The Kier molecular flexibility index (Phi) is 12.0. The number of hydrogen-bond acceptors (Lipinski definition) is 2. The molecule has 0 aliphatic rings. The van der Waals surface area contributed by atoms with Gasteiger partial charge in [0, 0.05) is 17.9 Å². The maximum atomic E-state index is 14.6. The second-order valence-electron chi connectivity index (χ2n) is 16.1. The van der Waals surface area contributed by atoms with E-state index in [1.807, 2.05) is 0 Å². The van der Waals surface area contributed by atoms with Crippen LogP contribution in [0, 0.1) is 27.1 Å². The molecule has 0 aromatic heterocycles. The quantitative estimate of drug-likeness (QED) is 0.182. The topological polar surface area (TPSA) is 26.3 Å². The fourth-order valence-corrected chi connectivity index (χ4v) is 6.61. The maximum Gasteiger partial charge on any atom is 0.170 e. The van der Waals surface area contributed by atoms with E-state index in [1.165, 1.54) is 6.42 Å². The fourth-order valence-electron chi connectivity index (χ4n) is 5.85. The van der Waals surface area contributed by atoms with Crippen molar-refractivity contribution in [2.75, 3.05) is 25.9 Å². The average molecular weight is 541 g/mol. The highest BCUT2D eigenvalue weighted by Gasteiger charge is 2.56. The molecule has 37 heavy (non-hydrogen) atoms. The van der Waals surface area contributed by atoms with Gasteiger partial charge in [0.1, 0.15) is 5.60 Å². The largest absolute Gasteiger partial charge is 0.370 e. The van der Waals surface area contributed by atoms with Gasteiger partial charge in [-0.05, 0) is 78.8 Å². The standard InChI is InChI=1S/C34H68O2S/c1-19-28(4,5)23-22-24-33(13,21-3)29(6,7)25-30(8,9)34(14,36-15)27(35)32(12,20-2)26-31(10,11)37(16,17)18/h22,24H,19-21,23,25-26H2,1-18H3. The molecule has 222 valence electrons. The van der Waals surface area contributed by atoms with Crippen LogP contribution in [-0.2, 0) is 9.53 Å². The lowest BCUT2D eigenvalue weighted by Crippen LogP contribution is -2.58. The average Bonchev–Trinajstić information content (AvgIpc) is 2.75. The second kappa shape index (κ2) is 12.1. The molecule has 0 radical (unpaired) electrons. The molecule has 0 bridgehead atoms. The van der Waals surface area contributed by atoms with Crippen LogP contribution in [0.1, 0.15) is 135 Å². The van der Waals surface area contributed by atoms with Crippen molar-refractivity contribution in [3.63, 3.8) is 0 Å². The molecular formula is C34H68O2S.